The van der Waals surface area contributed by atoms with Gasteiger partial charge in [0.15, 0.2) is 0 Å². The lowest BCUT2D eigenvalue weighted by molar-refractivity contribution is 0.306. The lowest BCUT2D eigenvalue weighted by Gasteiger charge is -2.28. The molecule has 1 fully saturated rings. The summed E-state index contributed by atoms with van der Waals surface area (Å²) in [4.78, 5) is 2.00. The van der Waals surface area contributed by atoms with Crippen LogP contribution in [0.4, 0.5) is 0 Å². The lowest BCUT2D eigenvalue weighted by atomic mass is 9.91. The molecule has 0 aromatic rings. The molecule has 4 N–H and O–H groups in total. The Hall–Kier alpha value is -0.120. The number of nitrogens with two attached hydrogens (primary N) is 2. The SMILES string of the molecule is CN(C)C.NC1(N)CCCCC1. The van der Waals surface area contributed by atoms with E-state index >= 15 is 0 Å². The maximum absolute atomic E-state index is 5.66. The van der Waals surface area contributed by atoms with Gasteiger partial charge in [0.1, 0.15) is 0 Å². The summed E-state index contributed by atoms with van der Waals surface area (Å²) < 4.78 is 0. The molecule has 0 saturated heterocycles. The Morgan fingerprint density at radius 2 is 1.25 bits per heavy atom. The van der Waals surface area contributed by atoms with Crippen molar-refractivity contribution in [1.82, 2.24) is 4.90 Å². The minimum absolute atomic E-state index is 0.321. The third-order valence-electron chi connectivity index (χ3n) is 1.78. The lowest BCUT2D eigenvalue weighted by Crippen LogP contribution is -2.50. The monoisotopic (exact) mass is 173 g/mol. The molecule has 1 aliphatic rings. The highest BCUT2D eigenvalue weighted by atomic mass is 15.0. The third-order valence-corrected chi connectivity index (χ3v) is 1.78. The standard InChI is InChI=1S/C6H14N2.C3H9N/c7-6(8)4-2-1-3-5-6;1-4(2)3/h1-5,7-8H2;1-3H3. The van der Waals surface area contributed by atoms with Gasteiger partial charge in [-0.15, -0.1) is 0 Å². The van der Waals surface area contributed by atoms with Crippen molar-refractivity contribution in [3.63, 3.8) is 0 Å². The molecule has 74 valence electrons. The molecule has 3 nitrogen and oxygen atoms in total. The molecule has 0 unspecified atom stereocenters. The summed E-state index contributed by atoms with van der Waals surface area (Å²) in [5.41, 5.74) is 11.0. The van der Waals surface area contributed by atoms with Crippen LogP contribution in [0.5, 0.6) is 0 Å². The minimum atomic E-state index is -0.321. The predicted molar refractivity (Wildman–Crippen MR) is 53.8 cm³/mol. The van der Waals surface area contributed by atoms with E-state index in [-0.39, 0.29) is 5.66 Å². The molecule has 1 rings (SSSR count). The summed E-state index contributed by atoms with van der Waals surface area (Å²) in [6.07, 6.45) is 5.76. The number of hydrogen-bond donors (Lipinski definition) is 2. The van der Waals surface area contributed by atoms with E-state index in [0.29, 0.717) is 0 Å². The Morgan fingerprint density at radius 1 is 0.917 bits per heavy atom. The van der Waals surface area contributed by atoms with Crippen molar-refractivity contribution < 1.29 is 0 Å². The van der Waals surface area contributed by atoms with Gasteiger partial charge in [0.05, 0.1) is 5.66 Å². The molecular weight excluding hydrogens is 150 g/mol. The second kappa shape index (κ2) is 5.51. The normalized spacial score (nSPS) is 21.5. The maximum atomic E-state index is 5.66. The first-order valence-corrected chi connectivity index (χ1v) is 4.63. The highest BCUT2D eigenvalue weighted by Crippen LogP contribution is 2.20. The summed E-state index contributed by atoms with van der Waals surface area (Å²) in [5.74, 6) is 0. The van der Waals surface area contributed by atoms with Gasteiger partial charge in [-0.05, 0) is 34.0 Å². The van der Waals surface area contributed by atoms with E-state index in [1.54, 1.807) is 0 Å². The van der Waals surface area contributed by atoms with Gasteiger partial charge >= 0.3 is 0 Å². The van der Waals surface area contributed by atoms with Gasteiger partial charge in [-0.2, -0.15) is 0 Å². The number of nitrogens with zero attached hydrogens (tertiary/aromatic N) is 1. The summed E-state index contributed by atoms with van der Waals surface area (Å²) in [6, 6.07) is 0. The van der Waals surface area contributed by atoms with E-state index in [1.165, 1.54) is 19.3 Å². The fourth-order valence-electron chi connectivity index (χ4n) is 1.21. The minimum Gasteiger partial charge on any atom is -0.313 e. The molecule has 0 bridgehead atoms. The van der Waals surface area contributed by atoms with E-state index in [1.807, 2.05) is 26.0 Å². The van der Waals surface area contributed by atoms with E-state index in [0.717, 1.165) is 12.8 Å². The van der Waals surface area contributed by atoms with Crippen LogP contribution in [-0.4, -0.2) is 31.7 Å². The molecule has 0 aromatic heterocycles. The summed E-state index contributed by atoms with van der Waals surface area (Å²) in [5, 5.41) is 0. The fourth-order valence-corrected chi connectivity index (χ4v) is 1.21. The molecule has 0 amide bonds. The molecule has 1 aliphatic carbocycles. The van der Waals surface area contributed by atoms with Crippen LogP contribution in [0.25, 0.3) is 0 Å². The van der Waals surface area contributed by atoms with Gasteiger partial charge in [-0.3, -0.25) is 0 Å². The van der Waals surface area contributed by atoms with Gasteiger partial charge in [-0.1, -0.05) is 19.3 Å². The van der Waals surface area contributed by atoms with Gasteiger partial charge in [0.2, 0.25) is 0 Å². The average Bonchev–Trinajstić information content (AvgIpc) is 1.85. The van der Waals surface area contributed by atoms with Crippen LogP contribution >= 0.6 is 0 Å². The predicted octanol–water partition coefficient (Wildman–Crippen LogP) is 0.742. The van der Waals surface area contributed by atoms with E-state index in [9.17, 15) is 0 Å². The van der Waals surface area contributed by atoms with Crippen molar-refractivity contribution in [1.29, 1.82) is 0 Å². The van der Waals surface area contributed by atoms with Gasteiger partial charge in [0, 0.05) is 0 Å². The highest BCUT2D eigenvalue weighted by molar-refractivity contribution is 4.79. The van der Waals surface area contributed by atoms with Crippen LogP contribution < -0.4 is 11.5 Å². The first-order valence-electron chi connectivity index (χ1n) is 4.63. The van der Waals surface area contributed by atoms with E-state index in [2.05, 4.69) is 0 Å². The van der Waals surface area contributed by atoms with Crippen LogP contribution in [0.15, 0.2) is 0 Å². The zero-order chi connectivity index (χ0) is 9.61. The van der Waals surface area contributed by atoms with Crippen LogP contribution in [0.2, 0.25) is 0 Å². The zero-order valence-corrected chi connectivity index (χ0v) is 8.64. The van der Waals surface area contributed by atoms with Crippen LogP contribution in [0, 0.1) is 0 Å². The van der Waals surface area contributed by atoms with Crippen molar-refractivity contribution in [2.24, 2.45) is 11.5 Å². The Labute approximate surface area is 76.1 Å². The Bertz CT molecular complexity index is 99.6. The first kappa shape index (κ1) is 11.9. The largest absolute Gasteiger partial charge is 0.313 e. The molecule has 0 aliphatic heterocycles. The summed E-state index contributed by atoms with van der Waals surface area (Å²) in [6.45, 7) is 0. The van der Waals surface area contributed by atoms with Crippen molar-refractivity contribution in [3.05, 3.63) is 0 Å². The van der Waals surface area contributed by atoms with Crippen molar-refractivity contribution >= 4 is 0 Å². The zero-order valence-electron chi connectivity index (χ0n) is 8.64. The Morgan fingerprint density at radius 3 is 1.42 bits per heavy atom. The van der Waals surface area contributed by atoms with Crippen LogP contribution in [0.1, 0.15) is 32.1 Å². The molecule has 0 spiro atoms. The molecule has 3 heteroatoms. The van der Waals surface area contributed by atoms with Crippen LogP contribution in [0.3, 0.4) is 0 Å². The fraction of sp³-hybridized carbons (Fsp3) is 1.00. The topological polar surface area (TPSA) is 55.3 Å². The molecule has 12 heavy (non-hydrogen) atoms. The van der Waals surface area contributed by atoms with Gasteiger partial charge in [0.25, 0.3) is 0 Å². The molecule has 1 saturated carbocycles. The van der Waals surface area contributed by atoms with Gasteiger partial charge in [-0.25, -0.2) is 0 Å². The second-order valence-corrected chi connectivity index (χ2v) is 4.14. The molecule has 0 heterocycles. The summed E-state index contributed by atoms with van der Waals surface area (Å²) in [7, 11) is 6.00. The molecule has 0 radical (unpaired) electrons. The van der Waals surface area contributed by atoms with Crippen molar-refractivity contribution in [2.45, 2.75) is 37.8 Å². The number of hydrogen-bond acceptors (Lipinski definition) is 3. The van der Waals surface area contributed by atoms with Crippen molar-refractivity contribution in [3.8, 4) is 0 Å². The Balaban J connectivity index is 0.000000261. The van der Waals surface area contributed by atoms with Crippen molar-refractivity contribution in [2.75, 3.05) is 21.1 Å². The average molecular weight is 173 g/mol. The Kier molecular flexibility index (Phi) is 5.46. The molecule has 0 aromatic carbocycles. The highest BCUT2D eigenvalue weighted by Gasteiger charge is 2.21. The van der Waals surface area contributed by atoms with E-state index in [4.69, 9.17) is 11.5 Å². The maximum Gasteiger partial charge on any atom is 0.0636 e. The quantitative estimate of drug-likeness (QED) is 0.531. The third kappa shape index (κ3) is 7.98. The first-order chi connectivity index (χ1) is 5.44. The summed E-state index contributed by atoms with van der Waals surface area (Å²) >= 11 is 0. The van der Waals surface area contributed by atoms with Gasteiger partial charge < -0.3 is 16.4 Å². The second-order valence-electron chi connectivity index (χ2n) is 4.14. The van der Waals surface area contributed by atoms with E-state index < -0.39 is 0 Å². The molecular formula is C9H23N3. The number of rotatable bonds is 0. The van der Waals surface area contributed by atoms with Crippen LogP contribution in [-0.2, 0) is 0 Å². The molecule has 0 atom stereocenters. The smallest absolute Gasteiger partial charge is 0.0636 e.